The summed E-state index contributed by atoms with van der Waals surface area (Å²) in [7, 11) is 0. The van der Waals surface area contributed by atoms with Gasteiger partial charge in [-0.15, -0.1) is 0 Å². The fraction of sp³-hybridized carbons (Fsp3) is 0.500. The number of hydrogen-bond acceptors (Lipinski definition) is 3. The third-order valence-corrected chi connectivity index (χ3v) is 2.81. The van der Waals surface area contributed by atoms with Crippen LogP contribution >= 0.6 is 0 Å². The molecule has 1 atom stereocenters. The molecule has 1 aliphatic heterocycles. The quantitative estimate of drug-likeness (QED) is 0.732. The summed E-state index contributed by atoms with van der Waals surface area (Å²) < 4.78 is 0. The number of para-hydroxylation sites is 2. The van der Waals surface area contributed by atoms with Crippen molar-refractivity contribution >= 4 is 5.69 Å². The maximum atomic E-state index is 9.78. The molecular formula is C12H18N2O. The second-order valence-electron chi connectivity index (χ2n) is 4.14. The first kappa shape index (κ1) is 10.3. The van der Waals surface area contributed by atoms with Gasteiger partial charge >= 0.3 is 0 Å². The molecule has 1 saturated heterocycles. The lowest BCUT2D eigenvalue weighted by atomic mass is 10.2. The van der Waals surface area contributed by atoms with Crippen molar-refractivity contribution in [2.24, 2.45) is 0 Å². The number of aromatic hydroxyl groups is 1. The number of phenols is 1. The molecule has 0 bridgehead atoms. The third kappa shape index (κ3) is 2.42. The van der Waals surface area contributed by atoms with E-state index < -0.39 is 0 Å². The molecule has 3 heteroatoms. The third-order valence-electron chi connectivity index (χ3n) is 2.81. The number of hydrogen-bond donors (Lipinski definition) is 2. The summed E-state index contributed by atoms with van der Waals surface area (Å²) in [5.74, 6) is 0.381. The van der Waals surface area contributed by atoms with Gasteiger partial charge in [0.1, 0.15) is 5.75 Å². The first-order chi connectivity index (χ1) is 7.27. The van der Waals surface area contributed by atoms with E-state index in [-0.39, 0.29) is 0 Å². The Morgan fingerprint density at radius 3 is 3.00 bits per heavy atom. The van der Waals surface area contributed by atoms with Gasteiger partial charge in [0.05, 0.1) is 5.69 Å². The first-order valence-corrected chi connectivity index (χ1v) is 5.53. The Hall–Kier alpha value is -1.22. The molecule has 2 rings (SSSR count). The number of rotatable bonds is 1. The minimum atomic E-state index is 0.381. The fourth-order valence-corrected chi connectivity index (χ4v) is 2.06. The maximum Gasteiger partial charge on any atom is 0.138 e. The summed E-state index contributed by atoms with van der Waals surface area (Å²) in [6, 6.07) is 8.04. The van der Waals surface area contributed by atoms with Crippen LogP contribution in [0.1, 0.15) is 13.3 Å². The highest BCUT2D eigenvalue weighted by atomic mass is 16.3. The molecule has 0 aliphatic carbocycles. The lowest BCUT2D eigenvalue weighted by molar-refractivity contribution is 0.473. The number of nitrogens with one attached hydrogen (secondary N) is 1. The van der Waals surface area contributed by atoms with Crippen LogP contribution in [0, 0.1) is 0 Å². The van der Waals surface area contributed by atoms with Crippen LogP contribution in [0.3, 0.4) is 0 Å². The van der Waals surface area contributed by atoms with Gasteiger partial charge in [0.2, 0.25) is 0 Å². The normalized spacial score (nSPS) is 22.5. The number of anilines is 1. The maximum absolute atomic E-state index is 9.78. The predicted molar refractivity (Wildman–Crippen MR) is 62.4 cm³/mol. The molecule has 0 radical (unpaired) electrons. The van der Waals surface area contributed by atoms with Crippen molar-refractivity contribution < 1.29 is 5.11 Å². The van der Waals surface area contributed by atoms with E-state index in [1.807, 2.05) is 18.2 Å². The van der Waals surface area contributed by atoms with Gasteiger partial charge in [-0.05, 0) is 32.0 Å². The van der Waals surface area contributed by atoms with Gasteiger partial charge in [-0.3, -0.25) is 0 Å². The summed E-state index contributed by atoms with van der Waals surface area (Å²) in [6.07, 6.45) is 1.12. The molecule has 15 heavy (non-hydrogen) atoms. The molecule has 2 N–H and O–H groups in total. The molecular weight excluding hydrogens is 188 g/mol. The van der Waals surface area contributed by atoms with Crippen molar-refractivity contribution in [3.8, 4) is 5.75 Å². The van der Waals surface area contributed by atoms with Crippen molar-refractivity contribution in [3.63, 3.8) is 0 Å². The minimum Gasteiger partial charge on any atom is -0.506 e. The van der Waals surface area contributed by atoms with Crippen LogP contribution in [0.2, 0.25) is 0 Å². The number of benzene rings is 1. The van der Waals surface area contributed by atoms with Crippen molar-refractivity contribution in [1.82, 2.24) is 5.32 Å². The zero-order chi connectivity index (χ0) is 10.7. The molecule has 0 amide bonds. The zero-order valence-corrected chi connectivity index (χ0v) is 9.11. The van der Waals surface area contributed by atoms with Crippen LogP contribution in [-0.2, 0) is 0 Å². The smallest absolute Gasteiger partial charge is 0.138 e. The van der Waals surface area contributed by atoms with Gasteiger partial charge in [0.15, 0.2) is 0 Å². The number of phenolic OH excluding ortho intramolecular Hbond substituents is 1. The van der Waals surface area contributed by atoms with Crippen LogP contribution < -0.4 is 10.2 Å². The van der Waals surface area contributed by atoms with E-state index in [4.69, 9.17) is 0 Å². The van der Waals surface area contributed by atoms with E-state index in [1.165, 1.54) is 0 Å². The summed E-state index contributed by atoms with van der Waals surface area (Å²) in [5.41, 5.74) is 0.952. The summed E-state index contributed by atoms with van der Waals surface area (Å²) in [6.45, 7) is 5.20. The van der Waals surface area contributed by atoms with E-state index in [2.05, 4.69) is 17.1 Å². The summed E-state index contributed by atoms with van der Waals surface area (Å²) in [5, 5.41) is 13.2. The van der Waals surface area contributed by atoms with Crippen LogP contribution in [0.25, 0.3) is 0 Å². The van der Waals surface area contributed by atoms with E-state index in [0.29, 0.717) is 11.8 Å². The van der Waals surface area contributed by atoms with Crippen molar-refractivity contribution in [3.05, 3.63) is 24.3 Å². The average molecular weight is 206 g/mol. The Bertz CT molecular complexity index is 327. The zero-order valence-electron chi connectivity index (χ0n) is 9.11. The predicted octanol–water partition coefficient (Wildman–Crippen LogP) is 1.58. The van der Waals surface area contributed by atoms with Gasteiger partial charge in [-0.25, -0.2) is 0 Å². The first-order valence-electron chi connectivity index (χ1n) is 5.53. The van der Waals surface area contributed by atoms with Crippen LogP contribution in [0.4, 0.5) is 5.69 Å². The SMILES string of the molecule is CC1CN(c2ccccc2O)CCCN1. The van der Waals surface area contributed by atoms with Crippen molar-refractivity contribution in [2.45, 2.75) is 19.4 Å². The highest BCUT2D eigenvalue weighted by molar-refractivity contribution is 5.57. The van der Waals surface area contributed by atoms with Gasteiger partial charge < -0.3 is 15.3 Å². The molecule has 1 aromatic carbocycles. The Morgan fingerprint density at radius 1 is 1.40 bits per heavy atom. The molecule has 0 aromatic heterocycles. The minimum absolute atomic E-state index is 0.381. The summed E-state index contributed by atoms with van der Waals surface area (Å²) in [4.78, 5) is 2.25. The molecule has 1 heterocycles. The Balaban J connectivity index is 2.18. The molecule has 1 unspecified atom stereocenters. The second-order valence-corrected chi connectivity index (χ2v) is 4.14. The Kier molecular flexibility index (Phi) is 3.11. The van der Waals surface area contributed by atoms with Crippen LogP contribution in [-0.4, -0.2) is 30.8 Å². The van der Waals surface area contributed by atoms with Gasteiger partial charge in [0.25, 0.3) is 0 Å². The molecule has 3 nitrogen and oxygen atoms in total. The van der Waals surface area contributed by atoms with Gasteiger partial charge in [-0.1, -0.05) is 12.1 Å². The standard InChI is InChI=1S/C12H18N2O/c1-10-9-14(8-4-7-13-10)11-5-2-3-6-12(11)15/h2-3,5-6,10,13,15H,4,7-9H2,1H3. The Labute approximate surface area is 90.7 Å². The lowest BCUT2D eigenvalue weighted by Gasteiger charge is -2.25. The largest absolute Gasteiger partial charge is 0.506 e. The molecule has 1 aliphatic rings. The fourth-order valence-electron chi connectivity index (χ4n) is 2.06. The van der Waals surface area contributed by atoms with Gasteiger partial charge in [-0.2, -0.15) is 0 Å². The molecule has 82 valence electrons. The lowest BCUT2D eigenvalue weighted by Crippen LogP contribution is -2.35. The van der Waals surface area contributed by atoms with Crippen molar-refractivity contribution in [1.29, 1.82) is 0 Å². The van der Waals surface area contributed by atoms with E-state index in [1.54, 1.807) is 6.07 Å². The van der Waals surface area contributed by atoms with Crippen LogP contribution in [0.15, 0.2) is 24.3 Å². The highest BCUT2D eigenvalue weighted by Gasteiger charge is 2.16. The Morgan fingerprint density at radius 2 is 2.20 bits per heavy atom. The molecule has 0 saturated carbocycles. The van der Waals surface area contributed by atoms with Gasteiger partial charge in [0, 0.05) is 19.1 Å². The van der Waals surface area contributed by atoms with Crippen LogP contribution in [0.5, 0.6) is 5.75 Å². The van der Waals surface area contributed by atoms with Crippen molar-refractivity contribution in [2.75, 3.05) is 24.5 Å². The second kappa shape index (κ2) is 4.53. The van der Waals surface area contributed by atoms with E-state index >= 15 is 0 Å². The topological polar surface area (TPSA) is 35.5 Å². The molecule has 1 fully saturated rings. The molecule has 0 spiro atoms. The number of nitrogens with zero attached hydrogens (tertiary/aromatic N) is 1. The van der Waals surface area contributed by atoms with E-state index in [0.717, 1.165) is 31.7 Å². The molecule has 1 aromatic rings. The highest BCUT2D eigenvalue weighted by Crippen LogP contribution is 2.27. The monoisotopic (exact) mass is 206 g/mol. The van der Waals surface area contributed by atoms with E-state index in [9.17, 15) is 5.11 Å². The average Bonchev–Trinajstić information content (AvgIpc) is 2.43. The summed E-state index contributed by atoms with van der Waals surface area (Å²) >= 11 is 0.